The predicted octanol–water partition coefficient (Wildman–Crippen LogP) is 2.07. The molecule has 0 spiro atoms. The molecule has 1 aromatic rings. The third-order valence-corrected chi connectivity index (χ3v) is 4.74. The van der Waals surface area contributed by atoms with Gasteiger partial charge in [0.15, 0.2) is 0 Å². The second kappa shape index (κ2) is 7.25. The maximum absolute atomic E-state index is 12.5. The molecule has 4 heteroatoms. The molecule has 22 heavy (non-hydrogen) atoms. The van der Waals surface area contributed by atoms with Gasteiger partial charge < -0.3 is 9.64 Å². The third kappa shape index (κ3) is 3.87. The Labute approximate surface area is 133 Å². The number of carbonyl (C=O) groups is 1. The van der Waals surface area contributed by atoms with Crippen molar-refractivity contribution in [3.63, 3.8) is 0 Å². The number of hydrogen-bond acceptors (Lipinski definition) is 3. The van der Waals surface area contributed by atoms with Crippen LogP contribution in [0.3, 0.4) is 0 Å². The topological polar surface area (TPSA) is 32.8 Å². The Hall–Kier alpha value is -1.39. The molecule has 0 unspecified atom stereocenters. The largest absolute Gasteiger partial charge is 0.381 e. The highest BCUT2D eigenvalue weighted by molar-refractivity contribution is 5.79. The Morgan fingerprint density at radius 2 is 1.91 bits per heavy atom. The van der Waals surface area contributed by atoms with Gasteiger partial charge in [-0.2, -0.15) is 0 Å². The van der Waals surface area contributed by atoms with Crippen LogP contribution in [0.5, 0.6) is 0 Å². The van der Waals surface area contributed by atoms with Crippen LogP contribution in [-0.2, 0) is 16.1 Å². The van der Waals surface area contributed by atoms with Crippen molar-refractivity contribution in [2.75, 3.05) is 39.4 Å². The zero-order valence-electron chi connectivity index (χ0n) is 13.5. The van der Waals surface area contributed by atoms with Gasteiger partial charge in [0.05, 0.1) is 0 Å². The van der Waals surface area contributed by atoms with Crippen LogP contribution in [0.15, 0.2) is 24.3 Å². The summed E-state index contributed by atoms with van der Waals surface area (Å²) in [6.07, 6.45) is 1.78. The molecule has 2 saturated heterocycles. The summed E-state index contributed by atoms with van der Waals surface area (Å²) in [6, 6.07) is 8.69. The molecule has 0 saturated carbocycles. The van der Waals surface area contributed by atoms with E-state index in [-0.39, 0.29) is 5.92 Å². The Kier molecular flexibility index (Phi) is 5.11. The fourth-order valence-corrected chi connectivity index (χ4v) is 3.40. The van der Waals surface area contributed by atoms with Crippen molar-refractivity contribution in [2.45, 2.75) is 26.3 Å². The highest BCUT2D eigenvalue weighted by Gasteiger charge is 2.28. The fourth-order valence-electron chi connectivity index (χ4n) is 3.40. The normalized spacial score (nSPS) is 21.0. The predicted molar refractivity (Wildman–Crippen MR) is 86.6 cm³/mol. The maximum atomic E-state index is 12.5. The number of piperazine rings is 1. The molecule has 2 aliphatic heterocycles. The number of carbonyl (C=O) groups excluding carboxylic acids is 1. The quantitative estimate of drug-likeness (QED) is 0.857. The van der Waals surface area contributed by atoms with Gasteiger partial charge in [0, 0.05) is 51.9 Å². The lowest BCUT2D eigenvalue weighted by Crippen LogP contribution is -2.50. The third-order valence-electron chi connectivity index (χ3n) is 4.74. The zero-order chi connectivity index (χ0) is 15.4. The molecule has 2 aliphatic rings. The fraction of sp³-hybridized carbons (Fsp3) is 0.611. The molecule has 1 aromatic carbocycles. The van der Waals surface area contributed by atoms with Crippen molar-refractivity contribution in [3.05, 3.63) is 35.4 Å². The van der Waals surface area contributed by atoms with E-state index in [2.05, 4.69) is 41.0 Å². The zero-order valence-corrected chi connectivity index (χ0v) is 13.5. The molecule has 0 atom stereocenters. The van der Waals surface area contributed by atoms with Crippen LogP contribution in [-0.4, -0.2) is 55.1 Å². The van der Waals surface area contributed by atoms with E-state index in [9.17, 15) is 4.79 Å². The van der Waals surface area contributed by atoms with Gasteiger partial charge in [-0.25, -0.2) is 0 Å². The van der Waals surface area contributed by atoms with Crippen molar-refractivity contribution >= 4 is 5.91 Å². The molecular formula is C18H26N2O2. The van der Waals surface area contributed by atoms with Crippen LogP contribution in [0.1, 0.15) is 24.0 Å². The van der Waals surface area contributed by atoms with Gasteiger partial charge in [-0.1, -0.05) is 29.8 Å². The minimum absolute atomic E-state index is 0.192. The molecule has 0 radical (unpaired) electrons. The van der Waals surface area contributed by atoms with Gasteiger partial charge in [-0.3, -0.25) is 9.69 Å². The summed E-state index contributed by atoms with van der Waals surface area (Å²) in [7, 11) is 0. The van der Waals surface area contributed by atoms with Gasteiger partial charge in [-0.05, 0) is 25.3 Å². The molecule has 2 heterocycles. The van der Waals surface area contributed by atoms with Gasteiger partial charge >= 0.3 is 0 Å². The molecular weight excluding hydrogens is 276 g/mol. The van der Waals surface area contributed by atoms with Crippen LogP contribution < -0.4 is 0 Å². The van der Waals surface area contributed by atoms with Crippen molar-refractivity contribution in [3.8, 4) is 0 Å². The van der Waals surface area contributed by atoms with Gasteiger partial charge in [0.25, 0.3) is 0 Å². The van der Waals surface area contributed by atoms with E-state index >= 15 is 0 Å². The summed E-state index contributed by atoms with van der Waals surface area (Å²) >= 11 is 0. The average molecular weight is 302 g/mol. The smallest absolute Gasteiger partial charge is 0.225 e. The summed E-state index contributed by atoms with van der Waals surface area (Å²) in [6.45, 7) is 8.28. The van der Waals surface area contributed by atoms with E-state index in [1.165, 1.54) is 11.1 Å². The Bertz CT molecular complexity index is 504. The number of hydrogen-bond donors (Lipinski definition) is 0. The molecule has 2 fully saturated rings. The van der Waals surface area contributed by atoms with E-state index in [0.717, 1.165) is 58.8 Å². The second-order valence-corrected chi connectivity index (χ2v) is 6.48. The summed E-state index contributed by atoms with van der Waals surface area (Å²) in [5.74, 6) is 0.538. The SMILES string of the molecule is Cc1cccc(CN2CCN(C(=O)C3CCOCC3)CC2)c1. The molecule has 1 amide bonds. The Morgan fingerprint density at radius 3 is 2.59 bits per heavy atom. The highest BCUT2D eigenvalue weighted by Crippen LogP contribution is 2.19. The van der Waals surface area contributed by atoms with Crippen molar-refractivity contribution in [1.82, 2.24) is 9.80 Å². The molecule has 3 rings (SSSR count). The summed E-state index contributed by atoms with van der Waals surface area (Å²) in [5, 5.41) is 0. The summed E-state index contributed by atoms with van der Waals surface area (Å²) in [4.78, 5) is 17.0. The average Bonchev–Trinajstić information content (AvgIpc) is 2.56. The minimum Gasteiger partial charge on any atom is -0.381 e. The van der Waals surface area contributed by atoms with Crippen LogP contribution in [0.2, 0.25) is 0 Å². The van der Waals surface area contributed by atoms with Gasteiger partial charge in [-0.15, -0.1) is 0 Å². The summed E-state index contributed by atoms with van der Waals surface area (Å²) in [5.41, 5.74) is 2.68. The standard InChI is InChI=1S/C18H26N2O2/c1-15-3-2-4-16(13-15)14-19-7-9-20(10-8-19)18(21)17-5-11-22-12-6-17/h2-4,13,17H,5-12,14H2,1H3. The Balaban J connectivity index is 1.48. The van der Waals surface area contributed by atoms with Crippen molar-refractivity contribution in [1.29, 1.82) is 0 Å². The molecule has 0 aromatic heterocycles. The Morgan fingerprint density at radius 1 is 1.18 bits per heavy atom. The number of ether oxygens (including phenoxy) is 1. The van der Waals surface area contributed by atoms with E-state index in [4.69, 9.17) is 4.74 Å². The number of amides is 1. The molecule has 120 valence electrons. The van der Waals surface area contributed by atoms with E-state index < -0.39 is 0 Å². The highest BCUT2D eigenvalue weighted by atomic mass is 16.5. The van der Waals surface area contributed by atoms with Crippen LogP contribution in [0.4, 0.5) is 0 Å². The van der Waals surface area contributed by atoms with E-state index in [1.807, 2.05) is 0 Å². The molecule has 0 N–H and O–H groups in total. The first kappa shape index (κ1) is 15.5. The number of benzene rings is 1. The summed E-state index contributed by atoms with van der Waals surface area (Å²) < 4.78 is 5.35. The lowest BCUT2D eigenvalue weighted by Gasteiger charge is -2.37. The maximum Gasteiger partial charge on any atom is 0.225 e. The van der Waals surface area contributed by atoms with Crippen molar-refractivity contribution in [2.24, 2.45) is 5.92 Å². The van der Waals surface area contributed by atoms with Crippen molar-refractivity contribution < 1.29 is 9.53 Å². The number of nitrogens with zero attached hydrogens (tertiary/aromatic N) is 2. The first-order chi connectivity index (χ1) is 10.7. The number of rotatable bonds is 3. The van der Waals surface area contributed by atoms with Crippen LogP contribution >= 0.6 is 0 Å². The molecule has 0 bridgehead atoms. The van der Waals surface area contributed by atoms with E-state index in [0.29, 0.717) is 5.91 Å². The monoisotopic (exact) mass is 302 g/mol. The van der Waals surface area contributed by atoms with E-state index in [1.54, 1.807) is 0 Å². The van der Waals surface area contributed by atoms with Gasteiger partial charge in [0.1, 0.15) is 0 Å². The van der Waals surface area contributed by atoms with Gasteiger partial charge in [0.2, 0.25) is 5.91 Å². The van der Waals surface area contributed by atoms with Crippen LogP contribution in [0, 0.1) is 12.8 Å². The molecule has 4 nitrogen and oxygen atoms in total. The minimum atomic E-state index is 0.192. The first-order valence-electron chi connectivity index (χ1n) is 8.37. The van der Waals surface area contributed by atoms with Crippen LogP contribution in [0.25, 0.3) is 0 Å². The lowest BCUT2D eigenvalue weighted by molar-refractivity contribution is -0.140. The lowest BCUT2D eigenvalue weighted by atomic mass is 9.98. The molecule has 0 aliphatic carbocycles. The second-order valence-electron chi connectivity index (χ2n) is 6.48. The first-order valence-corrected chi connectivity index (χ1v) is 8.37. The number of aryl methyl sites for hydroxylation is 1.